The molecule has 1 aliphatic heterocycles. The molecule has 1 saturated heterocycles. The van der Waals surface area contributed by atoms with Crippen LogP contribution in [0.3, 0.4) is 0 Å². The van der Waals surface area contributed by atoms with E-state index in [-0.39, 0.29) is 86.8 Å². The number of unbranched alkanes of at least 4 members (excludes halogenated alkanes) is 1. The summed E-state index contributed by atoms with van der Waals surface area (Å²) in [7, 11) is -4.00. The van der Waals surface area contributed by atoms with Gasteiger partial charge in [-0.3, -0.25) is 48.1 Å². The SMILES string of the molecule is CC(NC(=O)[C@H](Cc1ccccc1)NC(=O)c1ccc(N=NCc2ccccc2S(O)(O)O)nc1)C(=O)NCCCC[C@@H]1NC(=O)[C@@H](Cc2ccccc2)NC(=O)[C@H](CC(=O)O)NC(=O)CNC(=O)[C@H](CCCN=C(N)N)NC1=O. The lowest BCUT2D eigenvalue weighted by Crippen LogP contribution is -2.58. The first-order valence-electron chi connectivity index (χ1n) is 25.3. The fraction of sp³-hybridized carbons (Fsp3) is 0.365. The molecular formula is C52H66N14O13S. The summed E-state index contributed by atoms with van der Waals surface area (Å²) < 4.78 is 29.2. The smallest absolute Gasteiger partial charge is 0.305 e. The van der Waals surface area contributed by atoms with Crippen molar-refractivity contribution < 1.29 is 61.9 Å². The highest BCUT2D eigenvalue weighted by Gasteiger charge is 2.34. The van der Waals surface area contributed by atoms with Crippen LogP contribution in [0.15, 0.2) is 123 Å². The maximum Gasteiger partial charge on any atom is 0.305 e. The van der Waals surface area contributed by atoms with Gasteiger partial charge in [-0.1, -0.05) is 78.9 Å². The van der Waals surface area contributed by atoms with Crippen molar-refractivity contribution in [1.29, 1.82) is 0 Å². The van der Waals surface area contributed by atoms with Gasteiger partial charge in [0.25, 0.3) is 5.91 Å². The lowest BCUT2D eigenvalue weighted by molar-refractivity contribution is -0.141. The number of hydrogen-bond acceptors (Lipinski definition) is 16. The molecular weight excluding hydrogens is 1060 g/mol. The van der Waals surface area contributed by atoms with E-state index in [0.29, 0.717) is 16.7 Å². The second-order valence-corrected chi connectivity index (χ2v) is 19.9. The van der Waals surface area contributed by atoms with E-state index in [4.69, 9.17) is 11.5 Å². The standard InChI is InChI=1S/C52H66N14O13S/c1-31(60-49(74)38(25-32-13-4-2-5-14-32)64-46(71)35-21-22-42(57-28-35)66-59-29-34-17-8-9-20-41(34)80(77,78)79)45(70)55-23-11-10-18-37-48(73)62-36(19-12-24-56-52(53)54)47(72)58-30-43(67)61-40(27-44(68)69)51(76)65-39(50(75)63-37)26-33-15-6-3-7-16-33/h2-9,13-17,20-22,28,31,36-40,77-79H,10-12,18-19,23-27,29-30H2,1H3,(H,55,70)(H,58,72)(H,60,74)(H,61,67)(H,62,73)(H,63,75)(H,64,71)(H,65,76)(H,68,69)(H4,53,54,56)/t31?,36-,37-,38-,39+,40-/m0/s1. The largest absolute Gasteiger partial charge is 0.481 e. The molecule has 1 aromatic heterocycles. The normalized spacial score (nSPS) is 18.3. The summed E-state index contributed by atoms with van der Waals surface area (Å²) >= 11 is 0. The Labute approximate surface area is 461 Å². The van der Waals surface area contributed by atoms with Gasteiger partial charge in [0.05, 0.1) is 30.0 Å². The number of nitrogens with two attached hydrogens (primary N) is 2. The van der Waals surface area contributed by atoms with E-state index >= 15 is 0 Å². The minimum Gasteiger partial charge on any atom is -0.481 e. The minimum atomic E-state index is -4.00. The Morgan fingerprint density at radius 2 is 1.32 bits per heavy atom. The topological polar surface area (TPSA) is 433 Å². The number of amides is 8. The molecule has 1 fully saturated rings. The lowest BCUT2D eigenvalue weighted by Gasteiger charge is -2.26. The number of pyridine rings is 1. The van der Waals surface area contributed by atoms with Gasteiger partial charge in [0.1, 0.15) is 47.1 Å². The number of guanidine groups is 1. The summed E-state index contributed by atoms with van der Waals surface area (Å²) in [6.45, 7) is 0.736. The number of carboxylic acid groups (broad SMARTS) is 1. The van der Waals surface area contributed by atoms with Gasteiger partial charge in [-0.25, -0.2) is 4.98 Å². The number of carboxylic acids is 1. The summed E-state index contributed by atoms with van der Waals surface area (Å²) in [4.78, 5) is 129. The molecule has 16 N–H and O–H groups in total. The van der Waals surface area contributed by atoms with Crippen LogP contribution >= 0.6 is 10.9 Å². The summed E-state index contributed by atoms with van der Waals surface area (Å²) in [5.74, 6) is -7.87. The molecule has 0 radical (unpaired) electrons. The maximum atomic E-state index is 14.1. The van der Waals surface area contributed by atoms with Gasteiger partial charge < -0.3 is 72.8 Å². The molecule has 80 heavy (non-hydrogen) atoms. The summed E-state index contributed by atoms with van der Waals surface area (Å²) in [5, 5.41) is 38.2. The third-order valence-electron chi connectivity index (χ3n) is 12.1. The highest BCUT2D eigenvalue weighted by molar-refractivity contribution is 8.19. The molecule has 6 atom stereocenters. The fourth-order valence-electron chi connectivity index (χ4n) is 8.02. The first kappa shape index (κ1) is 62.0. The van der Waals surface area contributed by atoms with Gasteiger partial charge in [0, 0.05) is 32.1 Å². The molecule has 1 aliphatic rings. The van der Waals surface area contributed by atoms with Crippen LogP contribution in [0.25, 0.3) is 0 Å². The Morgan fingerprint density at radius 1 is 0.713 bits per heavy atom. The average molecular weight is 1130 g/mol. The zero-order valence-corrected chi connectivity index (χ0v) is 44.4. The molecule has 0 saturated carbocycles. The summed E-state index contributed by atoms with van der Waals surface area (Å²) in [6, 6.07) is 18.3. The van der Waals surface area contributed by atoms with Crippen molar-refractivity contribution in [1.82, 2.24) is 47.5 Å². The van der Waals surface area contributed by atoms with Gasteiger partial charge in [0.15, 0.2) is 11.8 Å². The monoisotopic (exact) mass is 1130 g/mol. The van der Waals surface area contributed by atoms with Crippen molar-refractivity contribution in [3.63, 3.8) is 0 Å². The Bertz CT molecular complexity index is 2850. The number of nitrogens with one attached hydrogen (secondary N) is 8. The molecule has 428 valence electrons. The van der Waals surface area contributed by atoms with E-state index < -0.39 is 113 Å². The van der Waals surface area contributed by atoms with Crippen LogP contribution in [0, 0.1) is 0 Å². The second kappa shape index (κ2) is 30.9. The Hall–Kier alpha value is -8.86. The first-order chi connectivity index (χ1) is 38.2. The van der Waals surface area contributed by atoms with Crippen LogP contribution in [0.5, 0.6) is 0 Å². The molecule has 0 bridgehead atoms. The molecule has 1 unspecified atom stereocenters. The van der Waals surface area contributed by atoms with Crippen molar-refractivity contribution in [2.24, 2.45) is 26.7 Å². The van der Waals surface area contributed by atoms with Crippen LogP contribution in [-0.2, 0) is 57.7 Å². The maximum absolute atomic E-state index is 14.1. The molecule has 28 heteroatoms. The Morgan fingerprint density at radius 3 is 1.98 bits per heavy atom. The van der Waals surface area contributed by atoms with E-state index in [2.05, 4.69) is 62.7 Å². The van der Waals surface area contributed by atoms with E-state index in [9.17, 15) is 61.9 Å². The van der Waals surface area contributed by atoms with E-state index in [1.807, 2.05) is 0 Å². The van der Waals surface area contributed by atoms with E-state index in [1.165, 1.54) is 37.4 Å². The van der Waals surface area contributed by atoms with Gasteiger partial charge in [-0.15, -0.1) is 5.11 Å². The number of nitrogens with zero attached hydrogens (tertiary/aromatic N) is 4. The molecule has 4 aromatic rings. The number of carbonyl (C=O) groups is 9. The minimum absolute atomic E-state index is 0.0253. The predicted molar refractivity (Wildman–Crippen MR) is 292 cm³/mol. The number of aliphatic imine (C=N–C) groups is 1. The van der Waals surface area contributed by atoms with Crippen LogP contribution in [0.2, 0.25) is 0 Å². The number of aromatic nitrogens is 1. The summed E-state index contributed by atoms with van der Waals surface area (Å²) in [6.07, 6.45) is 0.821. The fourth-order valence-corrected chi connectivity index (χ4v) is 8.77. The van der Waals surface area contributed by atoms with Crippen LogP contribution < -0.4 is 54.0 Å². The number of azo groups is 1. The molecule has 2 heterocycles. The third-order valence-corrected chi connectivity index (χ3v) is 13.1. The van der Waals surface area contributed by atoms with E-state index in [1.54, 1.807) is 72.8 Å². The molecule has 27 nitrogen and oxygen atoms in total. The van der Waals surface area contributed by atoms with Gasteiger partial charge in [0.2, 0.25) is 41.4 Å². The zero-order chi connectivity index (χ0) is 58.2. The van der Waals surface area contributed by atoms with Crippen LogP contribution in [0.4, 0.5) is 5.82 Å². The number of aliphatic carboxylic acids is 1. The second-order valence-electron chi connectivity index (χ2n) is 18.4. The van der Waals surface area contributed by atoms with Gasteiger partial charge >= 0.3 is 5.97 Å². The first-order valence-corrected chi connectivity index (χ1v) is 26.8. The number of carbonyl (C=O) groups excluding carboxylic acids is 8. The van der Waals surface area contributed by atoms with Gasteiger partial charge in [-0.05, 0) is 73.9 Å². The molecule has 3 aromatic carbocycles. The average Bonchev–Trinajstić information content (AvgIpc) is 3.42. The quantitative estimate of drug-likeness (QED) is 0.0201. The zero-order valence-electron chi connectivity index (χ0n) is 43.6. The molecule has 0 aliphatic carbocycles. The van der Waals surface area contributed by atoms with Crippen molar-refractivity contribution in [3.8, 4) is 0 Å². The molecule has 8 amide bonds. The van der Waals surface area contributed by atoms with E-state index in [0.717, 1.165) is 0 Å². The van der Waals surface area contributed by atoms with Crippen molar-refractivity contribution in [2.45, 2.75) is 106 Å². The Balaban J connectivity index is 1.24. The summed E-state index contributed by atoms with van der Waals surface area (Å²) in [5.41, 5.74) is 12.6. The van der Waals surface area contributed by atoms with Crippen LogP contribution in [-0.4, -0.2) is 139 Å². The predicted octanol–water partition coefficient (Wildman–Crippen LogP) is 0.920. The molecule has 0 spiro atoms. The van der Waals surface area contributed by atoms with Crippen molar-refractivity contribution >= 4 is 75.9 Å². The number of benzene rings is 3. The number of hydrogen-bond donors (Lipinski definition) is 14. The highest BCUT2D eigenvalue weighted by Crippen LogP contribution is 2.45. The Kier molecular flexibility index (Phi) is 24.0. The number of rotatable bonds is 24. The van der Waals surface area contributed by atoms with Crippen molar-refractivity contribution in [2.75, 3.05) is 19.6 Å². The third kappa shape index (κ3) is 20.8. The molecule has 5 rings (SSSR count). The lowest BCUT2D eigenvalue weighted by atomic mass is 10.0. The van der Waals surface area contributed by atoms with Crippen LogP contribution in [0.1, 0.15) is 72.5 Å². The van der Waals surface area contributed by atoms with Crippen molar-refractivity contribution in [3.05, 3.63) is 126 Å². The van der Waals surface area contributed by atoms with Gasteiger partial charge in [-0.2, -0.15) is 5.11 Å². The highest BCUT2D eigenvalue weighted by atomic mass is 32.3.